The molecule has 1 aliphatic carbocycles. The Bertz CT molecular complexity index is 1180. The SMILES string of the molecule is CCOCc1cccc(-c2noc(CCC(=O)NCCCNC3=C4C=CC=CC4C(=O)N=N3)n2)c1. The van der Waals surface area contributed by atoms with Crippen molar-refractivity contribution in [1.29, 1.82) is 0 Å². The van der Waals surface area contributed by atoms with Gasteiger partial charge < -0.3 is 19.9 Å². The normalized spacial score (nSPS) is 16.5. The summed E-state index contributed by atoms with van der Waals surface area (Å²) in [5.74, 6) is 0.783. The van der Waals surface area contributed by atoms with Crippen molar-refractivity contribution in [1.82, 2.24) is 20.8 Å². The lowest BCUT2D eigenvalue weighted by atomic mass is 9.93. The fraction of sp³-hybridized carbons (Fsp3) is 0.360. The molecule has 0 bridgehead atoms. The van der Waals surface area contributed by atoms with Crippen LogP contribution in [0.15, 0.2) is 74.7 Å². The first kappa shape index (κ1) is 24.2. The Hall–Kier alpha value is -3.92. The second-order valence-electron chi connectivity index (χ2n) is 8.04. The van der Waals surface area contributed by atoms with Gasteiger partial charge in [0.05, 0.1) is 12.5 Å². The van der Waals surface area contributed by atoms with Gasteiger partial charge in [-0.3, -0.25) is 9.59 Å². The van der Waals surface area contributed by atoms with Crippen LogP contribution < -0.4 is 10.6 Å². The van der Waals surface area contributed by atoms with Crippen LogP contribution in [0.3, 0.4) is 0 Å². The average Bonchev–Trinajstić information content (AvgIpc) is 3.37. The number of carbonyl (C=O) groups is 2. The Morgan fingerprint density at radius 3 is 3.00 bits per heavy atom. The number of ether oxygens (including phenoxy) is 1. The minimum Gasteiger partial charge on any atom is -0.377 e. The molecule has 10 heteroatoms. The molecule has 1 aliphatic heterocycles. The number of nitrogens with zero attached hydrogens (tertiary/aromatic N) is 4. The molecule has 0 radical (unpaired) electrons. The summed E-state index contributed by atoms with van der Waals surface area (Å²) >= 11 is 0. The largest absolute Gasteiger partial charge is 0.377 e. The van der Waals surface area contributed by atoms with Gasteiger partial charge in [0.25, 0.3) is 5.91 Å². The van der Waals surface area contributed by atoms with Gasteiger partial charge in [0.15, 0.2) is 5.82 Å². The van der Waals surface area contributed by atoms with Gasteiger partial charge in [0.1, 0.15) is 0 Å². The summed E-state index contributed by atoms with van der Waals surface area (Å²) in [6.45, 7) is 4.23. The van der Waals surface area contributed by atoms with Crippen molar-refractivity contribution in [3.05, 3.63) is 71.4 Å². The highest BCUT2D eigenvalue weighted by atomic mass is 16.5. The van der Waals surface area contributed by atoms with E-state index < -0.39 is 0 Å². The smallest absolute Gasteiger partial charge is 0.276 e. The number of benzene rings is 1. The van der Waals surface area contributed by atoms with E-state index in [0.717, 1.165) is 16.7 Å². The van der Waals surface area contributed by atoms with Gasteiger partial charge >= 0.3 is 0 Å². The third kappa shape index (κ3) is 6.57. The molecule has 1 aromatic carbocycles. The van der Waals surface area contributed by atoms with Crippen LogP contribution >= 0.6 is 0 Å². The number of fused-ring (bicyclic) bond motifs is 1. The molecule has 2 amide bonds. The molecular formula is C25H28N6O4. The second-order valence-corrected chi connectivity index (χ2v) is 8.04. The standard InChI is InChI=1S/C25H28N6O4/c1-2-34-16-17-7-5-8-18(15-17)23-28-22(35-31-23)12-11-21(32)26-13-6-14-27-24-19-9-3-4-10-20(19)25(33)30-29-24/h3-5,7-10,15,20,27H,2,6,11-14,16H2,1H3,(H,26,32). The van der Waals surface area contributed by atoms with Crippen LogP contribution in [-0.2, 0) is 27.4 Å². The monoisotopic (exact) mass is 476 g/mol. The molecule has 1 unspecified atom stereocenters. The summed E-state index contributed by atoms with van der Waals surface area (Å²) in [5.41, 5.74) is 2.70. The molecule has 4 rings (SSSR count). The van der Waals surface area contributed by atoms with Crippen LogP contribution in [0, 0.1) is 5.92 Å². The van der Waals surface area contributed by atoms with Crippen molar-refractivity contribution in [2.45, 2.75) is 32.8 Å². The summed E-state index contributed by atoms with van der Waals surface area (Å²) in [5, 5.41) is 17.8. The average molecular weight is 477 g/mol. The molecule has 1 atom stereocenters. The van der Waals surface area contributed by atoms with Crippen molar-refractivity contribution < 1.29 is 18.8 Å². The van der Waals surface area contributed by atoms with Crippen LogP contribution in [0.2, 0.25) is 0 Å². The highest BCUT2D eigenvalue weighted by Gasteiger charge is 2.26. The lowest BCUT2D eigenvalue weighted by Crippen LogP contribution is -2.28. The van der Waals surface area contributed by atoms with Crippen molar-refractivity contribution in [3.63, 3.8) is 0 Å². The molecule has 35 heavy (non-hydrogen) atoms. The molecule has 1 aromatic heterocycles. The van der Waals surface area contributed by atoms with Crippen molar-refractivity contribution >= 4 is 11.8 Å². The van der Waals surface area contributed by atoms with Crippen molar-refractivity contribution in [3.8, 4) is 11.4 Å². The van der Waals surface area contributed by atoms with Crippen LogP contribution in [-0.4, -0.2) is 41.7 Å². The highest BCUT2D eigenvalue weighted by molar-refractivity contribution is 5.86. The van der Waals surface area contributed by atoms with Crippen molar-refractivity contribution in [2.24, 2.45) is 16.1 Å². The number of amides is 2. The van der Waals surface area contributed by atoms with Gasteiger partial charge in [-0.05, 0) is 25.0 Å². The number of allylic oxidation sites excluding steroid dienone is 3. The molecule has 2 heterocycles. The van der Waals surface area contributed by atoms with E-state index in [4.69, 9.17) is 9.26 Å². The number of aryl methyl sites for hydroxylation is 1. The van der Waals surface area contributed by atoms with E-state index in [9.17, 15) is 9.59 Å². The van der Waals surface area contributed by atoms with Gasteiger partial charge in [-0.15, -0.1) is 10.2 Å². The zero-order valence-corrected chi connectivity index (χ0v) is 19.6. The lowest BCUT2D eigenvalue weighted by Gasteiger charge is -2.20. The van der Waals surface area contributed by atoms with Crippen LogP contribution in [0.5, 0.6) is 0 Å². The minimum atomic E-state index is -0.371. The second kappa shape index (κ2) is 12.0. The van der Waals surface area contributed by atoms with E-state index in [0.29, 0.717) is 56.7 Å². The molecular weight excluding hydrogens is 448 g/mol. The van der Waals surface area contributed by atoms with Crippen LogP contribution in [0.25, 0.3) is 11.4 Å². The molecule has 2 aromatic rings. The van der Waals surface area contributed by atoms with Gasteiger partial charge in [0.2, 0.25) is 17.6 Å². The summed E-state index contributed by atoms with van der Waals surface area (Å²) in [4.78, 5) is 28.4. The van der Waals surface area contributed by atoms with E-state index >= 15 is 0 Å². The Labute approximate surface area is 203 Å². The molecule has 0 fully saturated rings. The molecule has 2 aliphatic rings. The third-order valence-electron chi connectivity index (χ3n) is 5.47. The predicted octanol–water partition coefficient (Wildman–Crippen LogP) is 3.25. The van der Waals surface area contributed by atoms with E-state index in [1.54, 1.807) is 0 Å². The lowest BCUT2D eigenvalue weighted by molar-refractivity contribution is -0.121. The molecule has 182 valence electrons. The van der Waals surface area contributed by atoms with Crippen LogP contribution in [0.4, 0.5) is 0 Å². The van der Waals surface area contributed by atoms with Crippen molar-refractivity contribution in [2.75, 3.05) is 19.7 Å². The molecule has 0 saturated carbocycles. The van der Waals surface area contributed by atoms with Gasteiger partial charge in [0, 0.05) is 43.7 Å². The Morgan fingerprint density at radius 1 is 1.20 bits per heavy atom. The number of nitrogens with one attached hydrogen (secondary N) is 2. The number of aromatic nitrogens is 2. The minimum absolute atomic E-state index is 0.0890. The number of rotatable bonds is 12. The topological polar surface area (TPSA) is 131 Å². The maximum atomic E-state index is 12.2. The van der Waals surface area contributed by atoms with E-state index in [1.165, 1.54) is 0 Å². The first-order chi connectivity index (χ1) is 17.1. The number of carbonyl (C=O) groups excluding carboxylic acids is 2. The molecule has 0 saturated heterocycles. The summed E-state index contributed by atoms with van der Waals surface area (Å²) in [6.07, 6.45) is 8.68. The Morgan fingerprint density at radius 2 is 2.11 bits per heavy atom. The maximum Gasteiger partial charge on any atom is 0.276 e. The zero-order chi connectivity index (χ0) is 24.5. The molecule has 0 spiro atoms. The fourth-order valence-electron chi connectivity index (χ4n) is 3.67. The number of hydrogen-bond donors (Lipinski definition) is 2. The molecule has 2 N–H and O–H groups in total. The predicted molar refractivity (Wildman–Crippen MR) is 128 cm³/mol. The third-order valence-corrected chi connectivity index (χ3v) is 5.47. The number of hydrogen-bond acceptors (Lipinski definition) is 8. The van der Waals surface area contributed by atoms with Gasteiger partial charge in [-0.2, -0.15) is 4.98 Å². The summed E-state index contributed by atoms with van der Waals surface area (Å²) in [7, 11) is 0. The maximum absolute atomic E-state index is 12.2. The Balaban J connectivity index is 1.17. The quantitative estimate of drug-likeness (QED) is 0.450. The first-order valence-corrected chi connectivity index (χ1v) is 11.7. The van der Waals surface area contributed by atoms with Gasteiger partial charge in [-0.1, -0.05) is 47.7 Å². The first-order valence-electron chi connectivity index (χ1n) is 11.7. The van der Waals surface area contributed by atoms with Crippen LogP contribution in [0.1, 0.15) is 31.2 Å². The fourth-order valence-corrected chi connectivity index (χ4v) is 3.67. The zero-order valence-electron chi connectivity index (χ0n) is 19.6. The Kier molecular flexibility index (Phi) is 8.29. The van der Waals surface area contributed by atoms with E-state index in [2.05, 4.69) is 31.0 Å². The highest BCUT2D eigenvalue weighted by Crippen LogP contribution is 2.27. The van der Waals surface area contributed by atoms with Gasteiger partial charge in [-0.25, -0.2) is 0 Å². The molecule has 10 nitrogen and oxygen atoms in total. The summed E-state index contributed by atoms with van der Waals surface area (Å²) < 4.78 is 10.8. The van der Waals surface area contributed by atoms with E-state index in [1.807, 2.05) is 55.5 Å². The summed E-state index contributed by atoms with van der Waals surface area (Å²) in [6, 6.07) is 7.79. The van der Waals surface area contributed by atoms with E-state index in [-0.39, 0.29) is 24.2 Å². The number of azo groups is 1.